The lowest BCUT2D eigenvalue weighted by Gasteiger charge is -2.14. The van der Waals surface area contributed by atoms with Gasteiger partial charge in [0, 0.05) is 43.4 Å². The van der Waals surface area contributed by atoms with Crippen LogP contribution in [0.4, 0.5) is 0 Å². The number of hydrogen-bond acceptors (Lipinski definition) is 4. The summed E-state index contributed by atoms with van der Waals surface area (Å²) in [6, 6.07) is 56.7. The maximum atomic E-state index is 6.35. The van der Waals surface area contributed by atoms with Crippen molar-refractivity contribution in [2.24, 2.45) is 0 Å². The second-order valence-corrected chi connectivity index (χ2v) is 12.9. The van der Waals surface area contributed by atoms with E-state index in [1.54, 1.807) is 0 Å². The average molecular weight is 654 g/mol. The highest BCUT2D eigenvalue weighted by Gasteiger charge is 2.22. The Morgan fingerprint density at radius 2 is 0.922 bits per heavy atom. The van der Waals surface area contributed by atoms with E-state index in [0.29, 0.717) is 17.7 Å². The van der Waals surface area contributed by atoms with Gasteiger partial charge in [0.1, 0.15) is 11.2 Å². The van der Waals surface area contributed by atoms with Crippen molar-refractivity contribution >= 4 is 65.6 Å². The number of para-hydroxylation sites is 5. The molecule has 0 N–H and O–H groups in total. The minimum absolute atomic E-state index is 0.546. The maximum Gasteiger partial charge on any atom is 0.240 e. The first-order valence-electron chi connectivity index (χ1n) is 17.0. The van der Waals surface area contributed by atoms with E-state index in [0.717, 1.165) is 82.2 Å². The Bertz CT molecular complexity index is 3100. The number of aromatic nitrogens is 5. The zero-order valence-electron chi connectivity index (χ0n) is 27.2. The number of hydrogen-bond donors (Lipinski definition) is 0. The van der Waals surface area contributed by atoms with Gasteiger partial charge in [0.15, 0.2) is 5.82 Å². The number of rotatable bonds is 4. The Hall–Kier alpha value is -7.05. The zero-order valence-corrected chi connectivity index (χ0v) is 27.2. The summed E-state index contributed by atoms with van der Waals surface area (Å²) in [5, 5.41) is 6.76. The molecule has 0 aliphatic heterocycles. The summed E-state index contributed by atoms with van der Waals surface area (Å²) in [4.78, 5) is 15.7. The van der Waals surface area contributed by atoms with Gasteiger partial charge in [-0.3, -0.25) is 9.13 Å². The Labute approximate surface area is 291 Å². The highest BCUT2D eigenvalue weighted by Crippen LogP contribution is 2.40. The molecule has 0 fully saturated rings. The molecule has 0 saturated carbocycles. The third-order valence-electron chi connectivity index (χ3n) is 10.0. The molecule has 0 aliphatic rings. The fraction of sp³-hybridized carbons (Fsp3) is 0. The standard InChI is InChI=1S/C45H27N5O/c1-2-13-28(14-3-1)43-46-44(49-37-21-8-4-15-31(37)32-16-5-9-22-38(32)49)48-45(47-43)50-39-23-10-6-17-33(39)36-20-12-19-30(42(36)50)29-25-26-35-34-18-7-11-24-40(34)51-41(35)27-29/h1-27H. The molecular weight excluding hydrogens is 627 g/mol. The van der Waals surface area contributed by atoms with Gasteiger partial charge >= 0.3 is 0 Å². The maximum absolute atomic E-state index is 6.35. The van der Waals surface area contributed by atoms with Gasteiger partial charge in [-0.25, -0.2) is 0 Å². The van der Waals surface area contributed by atoms with E-state index >= 15 is 0 Å². The van der Waals surface area contributed by atoms with Gasteiger partial charge < -0.3 is 4.42 Å². The Kier molecular flexibility index (Phi) is 5.86. The minimum atomic E-state index is 0.546. The summed E-state index contributed by atoms with van der Waals surface area (Å²) in [6.07, 6.45) is 0. The van der Waals surface area contributed by atoms with E-state index in [1.807, 2.05) is 30.3 Å². The van der Waals surface area contributed by atoms with Crippen LogP contribution in [0, 0.1) is 0 Å². The van der Waals surface area contributed by atoms with Crippen molar-refractivity contribution in [3.8, 4) is 34.4 Å². The van der Waals surface area contributed by atoms with E-state index in [2.05, 4.69) is 143 Å². The largest absolute Gasteiger partial charge is 0.456 e. The van der Waals surface area contributed by atoms with E-state index in [-0.39, 0.29) is 0 Å². The van der Waals surface area contributed by atoms with Crippen LogP contribution in [0.15, 0.2) is 168 Å². The first kappa shape index (κ1) is 27.9. The molecule has 0 atom stereocenters. The minimum Gasteiger partial charge on any atom is -0.456 e. The third-order valence-corrected chi connectivity index (χ3v) is 10.0. The fourth-order valence-corrected chi connectivity index (χ4v) is 7.76. The van der Waals surface area contributed by atoms with Crippen LogP contribution in [0.3, 0.4) is 0 Å². The molecular formula is C45H27N5O. The lowest BCUT2D eigenvalue weighted by molar-refractivity contribution is 0.669. The van der Waals surface area contributed by atoms with Crippen molar-refractivity contribution in [1.82, 2.24) is 24.1 Å². The van der Waals surface area contributed by atoms with Crippen molar-refractivity contribution < 1.29 is 4.42 Å². The molecule has 0 saturated heterocycles. The monoisotopic (exact) mass is 653 g/mol. The molecule has 6 nitrogen and oxygen atoms in total. The van der Waals surface area contributed by atoms with Crippen molar-refractivity contribution in [1.29, 1.82) is 0 Å². The molecule has 238 valence electrons. The van der Waals surface area contributed by atoms with Crippen LogP contribution < -0.4 is 0 Å². The highest BCUT2D eigenvalue weighted by molar-refractivity contribution is 6.14. The van der Waals surface area contributed by atoms with E-state index < -0.39 is 0 Å². The molecule has 11 aromatic rings. The Morgan fingerprint density at radius 1 is 0.373 bits per heavy atom. The summed E-state index contributed by atoms with van der Waals surface area (Å²) in [7, 11) is 0. The average Bonchev–Trinajstić information content (AvgIpc) is 3.85. The van der Waals surface area contributed by atoms with Gasteiger partial charge in [0.2, 0.25) is 11.9 Å². The SMILES string of the molecule is c1ccc(-c2nc(-n3c4ccccc4c4ccccc43)nc(-n3c4ccccc4c4cccc(-c5ccc6c(c5)oc5ccccc56)c43)n2)cc1. The summed E-state index contributed by atoms with van der Waals surface area (Å²) < 4.78 is 10.7. The van der Waals surface area contributed by atoms with Crippen LogP contribution in [0.2, 0.25) is 0 Å². The molecule has 0 unspecified atom stereocenters. The van der Waals surface area contributed by atoms with Crippen molar-refractivity contribution in [2.45, 2.75) is 0 Å². The van der Waals surface area contributed by atoms with E-state index in [1.165, 1.54) is 0 Å². The van der Waals surface area contributed by atoms with Gasteiger partial charge in [-0.1, -0.05) is 127 Å². The topological polar surface area (TPSA) is 61.7 Å². The van der Waals surface area contributed by atoms with Gasteiger partial charge in [-0.15, -0.1) is 0 Å². The second-order valence-electron chi connectivity index (χ2n) is 12.9. The molecule has 0 amide bonds. The first-order chi connectivity index (χ1) is 25.3. The predicted octanol–water partition coefficient (Wildman–Crippen LogP) is 11.3. The number of fused-ring (bicyclic) bond motifs is 9. The smallest absolute Gasteiger partial charge is 0.240 e. The van der Waals surface area contributed by atoms with Crippen LogP contribution in [0.25, 0.3) is 100.0 Å². The summed E-state index contributed by atoms with van der Waals surface area (Å²) in [6.45, 7) is 0. The van der Waals surface area contributed by atoms with Gasteiger partial charge in [-0.05, 0) is 42.0 Å². The summed E-state index contributed by atoms with van der Waals surface area (Å²) in [5.41, 5.74) is 8.88. The summed E-state index contributed by atoms with van der Waals surface area (Å²) in [5.74, 6) is 1.71. The second kappa shape index (κ2) is 10.7. The van der Waals surface area contributed by atoms with Gasteiger partial charge in [0.05, 0.1) is 22.1 Å². The lowest BCUT2D eigenvalue weighted by atomic mass is 10.0. The van der Waals surface area contributed by atoms with E-state index in [9.17, 15) is 0 Å². The van der Waals surface area contributed by atoms with Crippen molar-refractivity contribution in [3.63, 3.8) is 0 Å². The van der Waals surface area contributed by atoms with Crippen LogP contribution in [0.5, 0.6) is 0 Å². The van der Waals surface area contributed by atoms with Gasteiger partial charge in [-0.2, -0.15) is 15.0 Å². The quantitative estimate of drug-likeness (QED) is 0.190. The van der Waals surface area contributed by atoms with E-state index in [4.69, 9.17) is 19.4 Å². The summed E-state index contributed by atoms with van der Waals surface area (Å²) >= 11 is 0. The predicted molar refractivity (Wildman–Crippen MR) is 207 cm³/mol. The third kappa shape index (κ3) is 4.14. The first-order valence-corrected chi connectivity index (χ1v) is 17.0. The molecule has 6 heteroatoms. The molecule has 4 heterocycles. The number of furan rings is 1. The van der Waals surface area contributed by atoms with Gasteiger partial charge in [0.25, 0.3) is 0 Å². The molecule has 7 aromatic carbocycles. The zero-order chi connectivity index (χ0) is 33.5. The van der Waals surface area contributed by atoms with Crippen LogP contribution in [-0.2, 0) is 0 Å². The molecule has 0 radical (unpaired) electrons. The van der Waals surface area contributed by atoms with Crippen LogP contribution >= 0.6 is 0 Å². The molecule has 51 heavy (non-hydrogen) atoms. The number of nitrogens with zero attached hydrogens (tertiary/aromatic N) is 5. The van der Waals surface area contributed by atoms with Crippen LogP contribution in [-0.4, -0.2) is 24.1 Å². The van der Waals surface area contributed by atoms with Crippen LogP contribution in [0.1, 0.15) is 0 Å². The molecule has 0 spiro atoms. The Balaban J connectivity index is 1.24. The molecule has 0 aliphatic carbocycles. The van der Waals surface area contributed by atoms with Crippen molar-refractivity contribution in [3.05, 3.63) is 164 Å². The molecule has 4 aromatic heterocycles. The molecule has 11 rings (SSSR count). The lowest BCUT2D eigenvalue weighted by Crippen LogP contribution is -2.10. The van der Waals surface area contributed by atoms with Crippen molar-refractivity contribution in [2.75, 3.05) is 0 Å². The number of benzene rings is 7. The Morgan fingerprint density at radius 3 is 1.65 bits per heavy atom. The fourth-order valence-electron chi connectivity index (χ4n) is 7.76. The highest BCUT2D eigenvalue weighted by atomic mass is 16.3. The normalized spacial score (nSPS) is 11.9. The molecule has 0 bridgehead atoms.